The summed E-state index contributed by atoms with van der Waals surface area (Å²) in [5.41, 5.74) is 0. The first kappa shape index (κ1) is 13.9. The van der Waals surface area contributed by atoms with E-state index in [1.165, 1.54) is 18.6 Å². The fourth-order valence-corrected chi connectivity index (χ4v) is 3.42. The quantitative estimate of drug-likeness (QED) is 0.771. The van der Waals surface area contributed by atoms with Gasteiger partial charge >= 0.3 is 0 Å². The number of thioether (sulfide) groups is 1. The molecule has 1 aliphatic heterocycles. The smallest absolute Gasteiger partial charge is 0.232 e. The molecular formula is C13H23N3OS. The third-order valence-electron chi connectivity index (χ3n) is 3.31. The number of rotatable bonds is 7. The third kappa shape index (κ3) is 3.48. The first-order valence-electron chi connectivity index (χ1n) is 6.92. The summed E-state index contributed by atoms with van der Waals surface area (Å²) in [4.78, 5) is 0. The molecule has 0 bridgehead atoms. The Balaban J connectivity index is 1.79. The topological polar surface area (TPSA) is 51.0 Å². The number of aryl methyl sites for hydroxylation is 1. The van der Waals surface area contributed by atoms with Crippen molar-refractivity contribution < 1.29 is 4.42 Å². The summed E-state index contributed by atoms with van der Waals surface area (Å²) in [5.74, 6) is 2.81. The Morgan fingerprint density at radius 1 is 1.39 bits per heavy atom. The Bertz CT molecular complexity index is 361. The fraction of sp³-hybridized carbons (Fsp3) is 0.846. The van der Waals surface area contributed by atoms with Crippen molar-refractivity contribution in [2.45, 2.75) is 50.7 Å². The van der Waals surface area contributed by atoms with E-state index in [4.69, 9.17) is 4.42 Å². The second-order valence-corrected chi connectivity index (χ2v) is 6.64. The number of nitrogens with one attached hydrogen (secondary N) is 1. The Hall–Kier alpha value is -0.550. The van der Waals surface area contributed by atoms with Gasteiger partial charge < -0.3 is 9.73 Å². The van der Waals surface area contributed by atoms with E-state index in [9.17, 15) is 0 Å². The number of hydrogen-bond donors (Lipinski definition) is 1. The Labute approximate surface area is 113 Å². The molecule has 1 saturated heterocycles. The molecule has 2 heterocycles. The average molecular weight is 269 g/mol. The van der Waals surface area contributed by atoms with Crippen molar-refractivity contribution in [2.75, 3.05) is 18.8 Å². The zero-order chi connectivity index (χ0) is 12.8. The van der Waals surface area contributed by atoms with E-state index in [1.807, 2.05) is 11.8 Å². The van der Waals surface area contributed by atoms with Crippen LogP contribution in [0, 0.1) is 0 Å². The van der Waals surface area contributed by atoms with Gasteiger partial charge in [0.25, 0.3) is 0 Å². The van der Waals surface area contributed by atoms with Crippen molar-refractivity contribution >= 4 is 11.8 Å². The van der Waals surface area contributed by atoms with Crippen LogP contribution in [0.5, 0.6) is 0 Å². The molecule has 1 unspecified atom stereocenters. The summed E-state index contributed by atoms with van der Waals surface area (Å²) in [6.45, 7) is 6.50. The van der Waals surface area contributed by atoms with Crippen LogP contribution in [0.25, 0.3) is 0 Å². The van der Waals surface area contributed by atoms with Gasteiger partial charge in [-0.1, -0.05) is 6.92 Å². The van der Waals surface area contributed by atoms with Gasteiger partial charge in [-0.3, -0.25) is 0 Å². The molecule has 1 fully saturated rings. The summed E-state index contributed by atoms with van der Waals surface area (Å²) in [5, 5.41) is 11.8. The first-order valence-corrected chi connectivity index (χ1v) is 7.91. The van der Waals surface area contributed by atoms with Crippen molar-refractivity contribution in [1.82, 2.24) is 15.5 Å². The summed E-state index contributed by atoms with van der Waals surface area (Å²) in [7, 11) is 0. The van der Waals surface area contributed by atoms with Crippen LogP contribution in [-0.2, 0) is 11.2 Å². The van der Waals surface area contributed by atoms with Crippen LogP contribution in [0.1, 0.15) is 51.3 Å². The highest BCUT2D eigenvalue weighted by Gasteiger charge is 2.36. The third-order valence-corrected chi connectivity index (χ3v) is 4.82. The summed E-state index contributed by atoms with van der Waals surface area (Å²) >= 11 is 1.94. The lowest BCUT2D eigenvalue weighted by molar-refractivity contribution is 0.397. The minimum Gasteiger partial charge on any atom is -0.424 e. The molecule has 0 aliphatic carbocycles. The van der Waals surface area contributed by atoms with Crippen molar-refractivity contribution in [3.63, 3.8) is 0 Å². The summed E-state index contributed by atoms with van der Waals surface area (Å²) in [6.07, 6.45) is 5.52. The Morgan fingerprint density at radius 2 is 2.28 bits per heavy atom. The monoisotopic (exact) mass is 269 g/mol. The van der Waals surface area contributed by atoms with Crippen LogP contribution in [0.4, 0.5) is 0 Å². The average Bonchev–Trinajstić information content (AvgIpc) is 2.99. The van der Waals surface area contributed by atoms with Crippen molar-refractivity contribution in [1.29, 1.82) is 0 Å². The highest BCUT2D eigenvalue weighted by molar-refractivity contribution is 8.00. The van der Waals surface area contributed by atoms with Crippen molar-refractivity contribution in [3.8, 4) is 0 Å². The molecule has 2 rings (SSSR count). The second-order valence-electron chi connectivity index (χ2n) is 5.04. The van der Waals surface area contributed by atoms with Crippen LogP contribution >= 0.6 is 11.8 Å². The first-order chi connectivity index (χ1) is 8.74. The molecule has 1 aromatic heterocycles. The van der Waals surface area contributed by atoms with Crippen LogP contribution in [0.3, 0.4) is 0 Å². The minimum atomic E-state index is 0.0612. The molecule has 1 N–H and O–H groups in total. The van der Waals surface area contributed by atoms with Gasteiger partial charge in [-0.2, -0.15) is 0 Å². The molecule has 4 nitrogen and oxygen atoms in total. The second kappa shape index (κ2) is 6.57. The largest absolute Gasteiger partial charge is 0.424 e. The van der Waals surface area contributed by atoms with E-state index < -0.39 is 0 Å². The van der Waals surface area contributed by atoms with E-state index in [0.717, 1.165) is 44.1 Å². The SMILES string of the molecule is CCCNCCCc1nnc(C2(C)CCCS2)o1. The van der Waals surface area contributed by atoms with Crippen LogP contribution in [0.2, 0.25) is 0 Å². The van der Waals surface area contributed by atoms with Crippen molar-refractivity contribution in [3.05, 3.63) is 11.8 Å². The maximum atomic E-state index is 5.81. The molecule has 5 heteroatoms. The fourth-order valence-electron chi connectivity index (χ4n) is 2.18. The van der Waals surface area contributed by atoms with Gasteiger partial charge in [-0.25, -0.2) is 0 Å². The van der Waals surface area contributed by atoms with E-state index >= 15 is 0 Å². The maximum absolute atomic E-state index is 5.81. The lowest BCUT2D eigenvalue weighted by Crippen LogP contribution is -2.16. The molecular weight excluding hydrogens is 246 g/mol. The number of hydrogen-bond acceptors (Lipinski definition) is 5. The molecule has 0 saturated carbocycles. The zero-order valence-electron chi connectivity index (χ0n) is 11.4. The Morgan fingerprint density at radius 3 is 3.00 bits per heavy atom. The summed E-state index contributed by atoms with van der Waals surface area (Å²) in [6, 6.07) is 0. The van der Waals surface area contributed by atoms with Gasteiger partial charge in [-0.05, 0) is 51.4 Å². The van der Waals surface area contributed by atoms with Crippen LogP contribution in [0.15, 0.2) is 4.42 Å². The van der Waals surface area contributed by atoms with Gasteiger partial charge in [0.1, 0.15) is 0 Å². The molecule has 1 atom stereocenters. The highest BCUT2D eigenvalue weighted by Crippen LogP contribution is 2.45. The highest BCUT2D eigenvalue weighted by atomic mass is 32.2. The predicted molar refractivity (Wildman–Crippen MR) is 74.8 cm³/mol. The molecule has 0 radical (unpaired) electrons. The van der Waals surface area contributed by atoms with Crippen LogP contribution < -0.4 is 5.32 Å². The molecule has 1 aromatic rings. The molecule has 0 spiro atoms. The van der Waals surface area contributed by atoms with Gasteiger partial charge in [-0.15, -0.1) is 22.0 Å². The summed E-state index contributed by atoms with van der Waals surface area (Å²) < 4.78 is 5.87. The standard InChI is InChI=1S/C13H23N3OS/c1-3-8-14-9-4-6-11-15-16-12(17-11)13(2)7-5-10-18-13/h14H,3-10H2,1-2H3. The van der Waals surface area contributed by atoms with Gasteiger partial charge in [0.05, 0.1) is 4.75 Å². The van der Waals surface area contributed by atoms with Gasteiger partial charge in [0, 0.05) is 6.42 Å². The van der Waals surface area contributed by atoms with Gasteiger partial charge in [0.15, 0.2) is 0 Å². The molecule has 0 amide bonds. The Kier molecular flexibility index (Phi) is 5.06. The lowest BCUT2D eigenvalue weighted by atomic mass is 10.1. The van der Waals surface area contributed by atoms with Crippen molar-refractivity contribution in [2.24, 2.45) is 0 Å². The van der Waals surface area contributed by atoms with E-state index in [2.05, 4.69) is 29.4 Å². The van der Waals surface area contributed by atoms with Gasteiger partial charge in [0.2, 0.25) is 11.8 Å². The number of nitrogens with zero attached hydrogens (tertiary/aromatic N) is 2. The normalized spacial score (nSPS) is 23.7. The van der Waals surface area contributed by atoms with E-state index in [1.54, 1.807) is 0 Å². The van der Waals surface area contributed by atoms with E-state index in [-0.39, 0.29) is 4.75 Å². The number of aromatic nitrogens is 2. The minimum absolute atomic E-state index is 0.0612. The van der Waals surface area contributed by atoms with Crippen LogP contribution in [-0.4, -0.2) is 29.0 Å². The molecule has 102 valence electrons. The molecule has 0 aromatic carbocycles. The van der Waals surface area contributed by atoms with E-state index in [0.29, 0.717) is 0 Å². The molecule has 1 aliphatic rings. The zero-order valence-corrected chi connectivity index (χ0v) is 12.2. The molecule has 18 heavy (non-hydrogen) atoms. The lowest BCUT2D eigenvalue weighted by Gasteiger charge is -2.16. The maximum Gasteiger partial charge on any atom is 0.232 e. The predicted octanol–water partition coefficient (Wildman–Crippen LogP) is 2.74.